The van der Waals surface area contributed by atoms with E-state index >= 15 is 0 Å². The number of nitrogens with zero attached hydrogens (tertiary/aromatic N) is 1. The summed E-state index contributed by atoms with van der Waals surface area (Å²) in [6.45, 7) is 0. The van der Waals surface area contributed by atoms with E-state index in [1.54, 1.807) is 7.11 Å². The third-order valence-corrected chi connectivity index (χ3v) is 8.16. The van der Waals surface area contributed by atoms with Crippen molar-refractivity contribution in [2.45, 2.75) is 0 Å². The topological polar surface area (TPSA) is 25.6 Å². The molecule has 200 valence electrons. The highest BCUT2D eigenvalue weighted by Gasteiger charge is 2.21. The summed E-state index contributed by atoms with van der Waals surface area (Å²) in [5.74, 6) is 0.822. The molecule has 3 heteroatoms. The van der Waals surface area contributed by atoms with Gasteiger partial charge < -0.3 is 14.1 Å². The van der Waals surface area contributed by atoms with E-state index in [1.165, 1.54) is 32.7 Å². The van der Waals surface area contributed by atoms with E-state index in [4.69, 9.17) is 9.15 Å². The normalized spacial score (nSPS) is 11.5. The van der Waals surface area contributed by atoms with Crippen molar-refractivity contribution in [3.63, 3.8) is 0 Å². The van der Waals surface area contributed by atoms with Gasteiger partial charge in [-0.15, -0.1) is 0 Å². The van der Waals surface area contributed by atoms with Crippen molar-refractivity contribution in [3.05, 3.63) is 146 Å². The molecule has 0 fully saturated rings. The van der Waals surface area contributed by atoms with Crippen LogP contribution >= 0.6 is 0 Å². The molecular formula is C39H27NO2. The second-order valence-electron chi connectivity index (χ2n) is 10.5. The Bertz CT molecular complexity index is 2240. The number of anilines is 3. The first-order valence-electron chi connectivity index (χ1n) is 14.1. The zero-order chi connectivity index (χ0) is 28.0. The van der Waals surface area contributed by atoms with Crippen LogP contribution in [-0.4, -0.2) is 7.11 Å². The second kappa shape index (κ2) is 9.83. The Labute approximate surface area is 243 Å². The lowest BCUT2D eigenvalue weighted by Crippen LogP contribution is -2.11. The molecule has 0 spiro atoms. The third-order valence-electron chi connectivity index (χ3n) is 8.16. The SMILES string of the molecule is COc1ccc(N(c2ccc3oc4ccccc4c3c2)c2ccc3ccccc3c2-c2cccc3ccccc23)cc1. The maximum Gasteiger partial charge on any atom is 0.135 e. The van der Waals surface area contributed by atoms with Crippen molar-refractivity contribution < 1.29 is 9.15 Å². The van der Waals surface area contributed by atoms with Crippen LogP contribution < -0.4 is 9.64 Å². The fourth-order valence-electron chi connectivity index (χ4n) is 6.18. The number of rotatable bonds is 5. The summed E-state index contributed by atoms with van der Waals surface area (Å²) < 4.78 is 11.7. The minimum absolute atomic E-state index is 0.822. The van der Waals surface area contributed by atoms with Crippen LogP contribution in [0.15, 0.2) is 150 Å². The first-order chi connectivity index (χ1) is 20.8. The molecule has 8 rings (SSSR count). The Balaban J connectivity index is 1.46. The van der Waals surface area contributed by atoms with E-state index < -0.39 is 0 Å². The molecule has 1 aromatic heterocycles. The number of hydrogen-bond donors (Lipinski definition) is 0. The molecule has 0 radical (unpaired) electrons. The lowest BCUT2D eigenvalue weighted by atomic mass is 9.91. The summed E-state index contributed by atoms with van der Waals surface area (Å²) in [6, 6.07) is 51.3. The van der Waals surface area contributed by atoms with Crippen LogP contribution in [0.3, 0.4) is 0 Å². The first-order valence-corrected chi connectivity index (χ1v) is 14.1. The average molecular weight is 542 g/mol. The maximum atomic E-state index is 6.19. The Morgan fingerprint density at radius 2 is 1.14 bits per heavy atom. The maximum absolute atomic E-state index is 6.19. The summed E-state index contributed by atoms with van der Waals surface area (Å²) in [5, 5.41) is 7.06. The number of hydrogen-bond acceptors (Lipinski definition) is 3. The van der Waals surface area contributed by atoms with Crippen molar-refractivity contribution in [2.75, 3.05) is 12.0 Å². The molecular weight excluding hydrogens is 514 g/mol. The number of furan rings is 1. The molecule has 0 amide bonds. The van der Waals surface area contributed by atoms with Gasteiger partial charge in [0.25, 0.3) is 0 Å². The van der Waals surface area contributed by atoms with Crippen molar-refractivity contribution in [1.82, 2.24) is 0 Å². The van der Waals surface area contributed by atoms with Crippen LogP contribution in [0.1, 0.15) is 0 Å². The van der Waals surface area contributed by atoms with Gasteiger partial charge in [-0.05, 0) is 81.7 Å². The highest BCUT2D eigenvalue weighted by molar-refractivity contribution is 6.12. The Kier molecular flexibility index (Phi) is 5.68. The van der Waals surface area contributed by atoms with Crippen LogP contribution in [0.5, 0.6) is 5.75 Å². The lowest BCUT2D eigenvalue weighted by Gasteiger charge is -2.29. The quantitative estimate of drug-likeness (QED) is 0.217. The number of benzene rings is 7. The van der Waals surface area contributed by atoms with Gasteiger partial charge in [0, 0.05) is 27.7 Å². The van der Waals surface area contributed by atoms with E-state index in [9.17, 15) is 0 Å². The Morgan fingerprint density at radius 1 is 0.500 bits per heavy atom. The van der Waals surface area contributed by atoms with Crippen molar-refractivity contribution in [1.29, 1.82) is 0 Å². The number of methoxy groups -OCH3 is 1. The predicted octanol–water partition coefficient (Wildman–Crippen LogP) is 11.0. The molecule has 7 aromatic carbocycles. The second-order valence-corrected chi connectivity index (χ2v) is 10.5. The first kappa shape index (κ1) is 24.3. The molecule has 0 aliphatic heterocycles. The molecule has 3 nitrogen and oxygen atoms in total. The summed E-state index contributed by atoms with van der Waals surface area (Å²) >= 11 is 0. The molecule has 0 N–H and O–H groups in total. The number of ether oxygens (including phenoxy) is 1. The van der Waals surface area contributed by atoms with E-state index in [-0.39, 0.29) is 0 Å². The van der Waals surface area contributed by atoms with Crippen LogP contribution in [0.25, 0.3) is 54.6 Å². The average Bonchev–Trinajstić information content (AvgIpc) is 3.43. The minimum Gasteiger partial charge on any atom is -0.497 e. The molecule has 1 heterocycles. The minimum atomic E-state index is 0.822. The molecule has 0 bridgehead atoms. The van der Waals surface area contributed by atoms with Crippen LogP contribution in [0, 0.1) is 0 Å². The van der Waals surface area contributed by atoms with Gasteiger partial charge in [0.2, 0.25) is 0 Å². The van der Waals surface area contributed by atoms with Gasteiger partial charge >= 0.3 is 0 Å². The molecule has 8 aromatic rings. The highest BCUT2D eigenvalue weighted by atomic mass is 16.5. The fraction of sp³-hybridized carbons (Fsp3) is 0.0256. The molecule has 0 aliphatic rings. The third kappa shape index (κ3) is 3.90. The highest BCUT2D eigenvalue weighted by Crippen LogP contribution is 2.47. The van der Waals surface area contributed by atoms with Gasteiger partial charge in [-0.2, -0.15) is 0 Å². The Hall–Kier alpha value is -5.54. The van der Waals surface area contributed by atoms with Gasteiger partial charge in [-0.3, -0.25) is 0 Å². The Morgan fingerprint density at radius 3 is 1.95 bits per heavy atom. The zero-order valence-corrected chi connectivity index (χ0v) is 23.1. The molecule has 0 atom stereocenters. The van der Waals surface area contributed by atoms with E-state index in [0.29, 0.717) is 0 Å². The van der Waals surface area contributed by atoms with E-state index in [2.05, 4.69) is 126 Å². The van der Waals surface area contributed by atoms with Crippen LogP contribution in [0.4, 0.5) is 17.1 Å². The summed E-state index contributed by atoms with van der Waals surface area (Å²) in [5.41, 5.74) is 7.36. The van der Waals surface area contributed by atoms with Gasteiger partial charge in [-0.25, -0.2) is 0 Å². The molecule has 42 heavy (non-hydrogen) atoms. The van der Waals surface area contributed by atoms with Crippen molar-refractivity contribution >= 4 is 60.5 Å². The lowest BCUT2D eigenvalue weighted by molar-refractivity contribution is 0.415. The van der Waals surface area contributed by atoms with Crippen LogP contribution in [0.2, 0.25) is 0 Å². The molecule has 0 saturated heterocycles. The predicted molar refractivity (Wildman–Crippen MR) is 175 cm³/mol. The molecule has 0 unspecified atom stereocenters. The summed E-state index contributed by atoms with van der Waals surface area (Å²) in [7, 11) is 1.70. The number of para-hydroxylation sites is 1. The summed E-state index contributed by atoms with van der Waals surface area (Å²) in [6.07, 6.45) is 0. The van der Waals surface area contributed by atoms with Gasteiger partial charge in [0.1, 0.15) is 16.9 Å². The number of fused-ring (bicyclic) bond motifs is 5. The summed E-state index contributed by atoms with van der Waals surface area (Å²) in [4.78, 5) is 2.35. The van der Waals surface area contributed by atoms with Crippen molar-refractivity contribution in [2.24, 2.45) is 0 Å². The zero-order valence-electron chi connectivity index (χ0n) is 23.1. The standard InChI is InChI=1S/C39H27NO2/c1-41-30-21-18-28(19-22-30)40(29-20-24-38-35(25-29)33-14-6-7-16-37(33)42-38)36-23-17-27-10-3-5-13-32(27)39(36)34-15-8-11-26-9-2-4-12-31(26)34/h2-25H,1H3. The molecule has 0 saturated carbocycles. The van der Waals surface area contributed by atoms with E-state index in [0.717, 1.165) is 44.8 Å². The van der Waals surface area contributed by atoms with E-state index in [1.807, 2.05) is 24.3 Å². The smallest absolute Gasteiger partial charge is 0.135 e. The van der Waals surface area contributed by atoms with Gasteiger partial charge in [0.05, 0.1) is 12.8 Å². The van der Waals surface area contributed by atoms with Crippen molar-refractivity contribution in [3.8, 4) is 16.9 Å². The van der Waals surface area contributed by atoms with Gasteiger partial charge in [0.15, 0.2) is 0 Å². The largest absolute Gasteiger partial charge is 0.497 e. The fourth-order valence-corrected chi connectivity index (χ4v) is 6.18. The van der Waals surface area contributed by atoms with Gasteiger partial charge in [-0.1, -0.05) is 91.0 Å². The van der Waals surface area contributed by atoms with Crippen LogP contribution in [-0.2, 0) is 0 Å². The molecule has 0 aliphatic carbocycles. The monoisotopic (exact) mass is 541 g/mol.